The third-order valence-corrected chi connectivity index (χ3v) is 18.6. The van der Waals surface area contributed by atoms with Crippen molar-refractivity contribution in [1.29, 1.82) is 0 Å². The van der Waals surface area contributed by atoms with E-state index >= 15 is 9.59 Å². The molecule has 4 aliphatic heterocycles. The first-order valence-electron chi connectivity index (χ1n) is 34.1. The maximum absolute atomic E-state index is 15.6. The lowest BCUT2D eigenvalue weighted by molar-refractivity contribution is -0.0682. The van der Waals surface area contributed by atoms with Gasteiger partial charge in [0.05, 0.1) is 22.3 Å². The molecule has 11 aromatic rings. The van der Waals surface area contributed by atoms with Crippen LogP contribution in [0.15, 0.2) is 285 Å². The quantitative estimate of drug-likeness (QED) is 0.0549. The number of rotatable bonds is 24. The molecular formula is C85H72N4O12. The van der Waals surface area contributed by atoms with Crippen LogP contribution in [0.2, 0.25) is 0 Å². The smallest absolute Gasteiger partial charge is 0.305 e. The monoisotopic (exact) mass is 1340 g/mol. The highest BCUT2D eigenvalue weighted by Crippen LogP contribution is 2.53. The first kappa shape index (κ1) is 64.7. The van der Waals surface area contributed by atoms with Crippen molar-refractivity contribution in [2.24, 2.45) is 0 Å². The van der Waals surface area contributed by atoms with Gasteiger partial charge in [0.15, 0.2) is 46.0 Å². The van der Waals surface area contributed by atoms with Gasteiger partial charge in [0, 0.05) is 85.1 Å². The SMILES string of the molecule is CC1(c2ccccc2)Oc2cccc(C(=O)NCCCN(CCCCN(CCCNC(=O)c3cccc4c3OC(c3ccccc3)(c3ccccc3)O4)C(=O)c3cccc4c3OC(c3ccccc3)(c3ccccc3)O4)C(=O)c3cccc4c3OC(c3ccccc3)(c3ccccc3)O4)c2O1. The highest BCUT2D eigenvalue weighted by Gasteiger charge is 2.50. The number of carbonyl (C=O) groups excluding carboxylic acids is 4. The third-order valence-electron chi connectivity index (χ3n) is 18.6. The van der Waals surface area contributed by atoms with Crippen molar-refractivity contribution in [2.75, 3.05) is 39.3 Å². The first-order valence-corrected chi connectivity index (χ1v) is 34.1. The minimum absolute atomic E-state index is 0.190. The van der Waals surface area contributed by atoms with Crippen LogP contribution in [-0.4, -0.2) is 72.7 Å². The number of nitrogens with zero attached hydrogens (tertiary/aromatic N) is 2. The summed E-state index contributed by atoms with van der Waals surface area (Å²) in [6.07, 6.45) is 1.62. The molecule has 2 N–H and O–H groups in total. The minimum Gasteiger partial charge on any atom is -0.445 e. The average molecular weight is 1340 g/mol. The molecule has 1 atom stereocenters. The molecule has 15 rings (SSSR count). The maximum atomic E-state index is 15.6. The van der Waals surface area contributed by atoms with Gasteiger partial charge >= 0.3 is 17.4 Å². The average Bonchev–Trinajstić information content (AvgIpc) is 1.61. The molecule has 16 heteroatoms. The van der Waals surface area contributed by atoms with Gasteiger partial charge in [-0.05, 0) is 74.2 Å². The van der Waals surface area contributed by atoms with Crippen LogP contribution in [0.1, 0.15) is 113 Å². The lowest BCUT2D eigenvalue weighted by Crippen LogP contribution is -2.38. The van der Waals surface area contributed by atoms with Crippen LogP contribution in [-0.2, 0) is 23.1 Å². The predicted octanol–water partition coefficient (Wildman–Crippen LogP) is 15.4. The zero-order valence-corrected chi connectivity index (χ0v) is 55.5. The second-order valence-electron chi connectivity index (χ2n) is 25.2. The van der Waals surface area contributed by atoms with Gasteiger partial charge in [-0.2, -0.15) is 0 Å². The minimum atomic E-state index is -1.40. The van der Waals surface area contributed by atoms with E-state index in [0.29, 0.717) is 93.9 Å². The molecule has 0 saturated carbocycles. The van der Waals surface area contributed by atoms with Crippen LogP contribution < -0.4 is 48.5 Å². The van der Waals surface area contributed by atoms with Gasteiger partial charge in [-0.15, -0.1) is 0 Å². The van der Waals surface area contributed by atoms with Gasteiger partial charge in [0.1, 0.15) is 0 Å². The van der Waals surface area contributed by atoms with Crippen LogP contribution in [0, 0.1) is 0 Å². The molecule has 0 aliphatic carbocycles. The van der Waals surface area contributed by atoms with Crippen molar-refractivity contribution in [2.45, 2.75) is 55.8 Å². The molecule has 4 heterocycles. The van der Waals surface area contributed by atoms with Crippen LogP contribution in [0.5, 0.6) is 46.0 Å². The van der Waals surface area contributed by atoms with E-state index in [4.69, 9.17) is 37.9 Å². The van der Waals surface area contributed by atoms with Gasteiger partial charge in [-0.25, -0.2) is 0 Å². The maximum Gasteiger partial charge on any atom is 0.305 e. The Balaban J connectivity index is 0.688. The van der Waals surface area contributed by atoms with Crippen LogP contribution >= 0.6 is 0 Å². The number of nitrogens with one attached hydrogen (secondary N) is 2. The fourth-order valence-corrected chi connectivity index (χ4v) is 13.6. The number of amides is 4. The molecule has 4 aliphatic rings. The van der Waals surface area contributed by atoms with E-state index in [1.165, 1.54) is 0 Å². The van der Waals surface area contributed by atoms with Crippen molar-refractivity contribution in [3.63, 3.8) is 0 Å². The number of ether oxygens (including phenoxy) is 8. The summed E-state index contributed by atoms with van der Waals surface area (Å²) >= 11 is 0. The predicted molar refractivity (Wildman–Crippen MR) is 381 cm³/mol. The van der Waals surface area contributed by atoms with Crippen LogP contribution in [0.4, 0.5) is 0 Å². The van der Waals surface area contributed by atoms with Gasteiger partial charge in [0.25, 0.3) is 29.4 Å². The summed E-state index contributed by atoms with van der Waals surface area (Å²) in [5.74, 6) is -3.72. The molecule has 4 amide bonds. The number of para-hydroxylation sites is 4. The summed E-state index contributed by atoms with van der Waals surface area (Å²) in [5.41, 5.74) is 6.48. The fraction of sp³-hybridized carbons (Fsp3) is 0.176. The van der Waals surface area contributed by atoms with E-state index in [-0.39, 0.29) is 62.9 Å². The molecule has 0 saturated heterocycles. The zero-order valence-electron chi connectivity index (χ0n) is 55.5. The lowest BCUT2D eigenvalue weighted by Gasteiger charge is -2.29. The Bertz CT molecular complexity index is 4680. The molecule has 504 valence electrons. The second kappa shape index (κ2) is 27.9. The summed E-state index contributed by atoms with van der Waals surface area (Å²) in [7, 11) is 0. The summed E-state index contributed by atoms with van der Waals surface area (Å²) in [6.45, 7) is 3.17. The van der Waals surface area contributed by atoms with Crippen molar-refractivity contribution in [3.05, 3.63) is 346 Å². The van der Waals surface area contributed by atoms with Crippen LogP contribution in [0.25, 0.3) is 0 Å². The van der Waals surface area contributed by atoms with Crippen molar-refractivity contribution < 1.29 is 57.1 Å². The molecule has 0 radical (unpaired) electrons. The van der Waals surface area contributed by atoms with E-state index in [2.05, 4.69) is 10.6 Å². The lowest BCUT2D eigenvalue weighted by atomic mass is 9.97. The zero-order chi connectivity index (χ0) is 68.8. The Kier molecular flexibility index (Phi) is 17.9. The third kappa shape index (κ3) is 12.5. The fourth-order valence-electron chi connectivity index (χ4n) is 13.6. The summed E-state index contributed by atoms with van der Waals surface area (Å²) in [5, 5.41) is 6.19. The molecule has 0 bridgehead atoms. The van der Waals surface area contributed by atoms with Crippen LogP contribution in [0.3, 0.4) is 0 Å². The molecule has 0 fully saturated rings. The molecule has 101 heavy (non-hydrogen) atoms. The largest absolute Gasteiger partial charge is 0.445 e. The summed E-state index contributed by atoms with van der Waals surface area (Å²) in [4.78, 5) is 63.2. The number of hydrogen-bond donors (Lipinski definition) is 2. The molecule has 11 aromatic carbocycles. The first-order chi connectivity index (χ1) is 49.5. The van der Waals surface area contributed by atoms with E-state index in [0.717, 1.165) is 38.9 Å². The molecular weight excluding hydrogens is 1270 g/mol. The number of carbonyl (C=O) groups is 4. The van der Waals surface area contributed by atoms with Crippen molar-refractivity contribution in [1.82, 2.24) is 20.4 Å². The van der Waals surface area contributed by atoms with Crippen molar-refractivity contribution >= 4 is 23.6 Å². The Morgan fingerprint density at radius 3 is 0.851 bits per heavy atom. The van der Waals surface area contributed by atoms with E-state index in [1.54, 1.807) is 82.6 Å². The second-order valence-corrected chi connectivity index (χ2v) is 25.2. The van der Waals surface area contributed by atoms with Gasteiger partial charge in [0.2, 0.25) is 0 Å². The summed E-state index contributed by atoms with van der Waals surface area (Å²) in [6, 6.07) is 88.6. The normalized spacial score (nSPS) is 15.7. The number of fused-ring (bicyclic) bond motifs is 4. The Hall–Kier alpha value is -12.3. The Morgan fingerprint density at radius 2 is 0.535 bits per heavy atom. The van der Waals surface area contributed by atoms with E-state index in [9.17, 15) is 9.59 Å². The molecule has 1 unspecified atom stereocenters. The molecule has 0 spiro atoms. The standard InChI is InChI=1S/C85H72N4O12/c1-82(59-31-9-2-10-32-59)94-70-49-25-45-66(74(70)98-82)78(90)86-53-29-57-88(80(92)68-47-27-51-72-76(68)100-84(96-72,62-37-15-5-16-38-62)63-39-17-6-18-40-63)55-23-24-56-89(81(93)69-48-28-52-73-77(69)101-85(97-73,64-41-19-7-20-42-64)65-43-21-8-22-44-65)58-30-54-87-79(91)67-46-26-50-71-75(67)99-83(95-71,60-33-11-3-12-34-60)61-35-13-4-14-36-61/h2-22,25-28,31-52H,23-24,29-30,53-58H2,1H3,(H,86,90)(H,87,91). The van der Waals surface area contributed by atoms with E-state index in [1.807, 2.05) is 219 Å². The van der Waals surface area contributed by atoms with Crippen molar-refractivity contribution in [3.8, 4) is 46.0 Å². The summed E-state index contributed by atoms with van der Waals surface area (Å²) < 4.78 is 53.8. The number of hydrogen-bond acceptors (Lipinski definition) is 12. The number of benzene rings is 11. The highest BCUT2D eigenvalue weighted by atomic mass is 16.8. The molecule has 16 nitrogen and oxygen atoms in total. The topological polar surface area (TPSA) is 173 Å². The van der Waals surface area contributed by atoms with Gasteiger partial charge in [-0.1, -0.05) is 237 Å². The highest BCUT2D eigenvalue weighted by molar-refractivity contribution is 6.00. The van der Waals surface area contributed by atoms with E-state index < -0.39 is 23.1 Å². The Labute approximate surface area is 585 Å². The number of unbranched alkanes of at least 4 members (excludes halogenated alkanes) is 1. The molecule has 0 aromatic heterocycles. The van der Waals surface area contributed by atoms with Gasteiger partial charge < -0.3 is 58.3 Å². The van der Waals surface area contributed by atoms with Gasteiger partial charge in [-0.3, -0.25) is 19.2 Å². The Morgan fingerprint density at radius 1 is 0.277 bits per heavy atom.